The van der Waals surface area contributed by atoms with E-state index in [0.29, 0.717) is 0 Å². The summed E-state index contributed by atoms with van der Waals surface area (Å²) in [7, 11) is 4.07. The highest BCUT2D eigenvalue weighted by Crippen LogP contribution is 2.25. The van der Waals surface area contributed by atoms with Crippen LogP contribution in [-0.2, 0) is 0 Å². The average Bonchev–Trinajstić information content (AvgIpc) is 2.41. The van der Waals surface area contributed by atoms with E-state index in [0.717, 1.165) is 11.3 Å². The molecule has 20 heavy (non-hydrogen) atoms. The first-order chi connectivity index (χ1) is 9.47. The summed E-state index contributed by atoms with van der Waals surface area (Å²) >= 11 is 0. The highest BCUT2D eigenvalue weighted by molar-refractivity contribution is 5.62. The molecule has 2 nitrogen and oxygen atoms in total. The maximum atomic E-state index is 12.9. The molecule has 0 amide bonds. The molecule has 106 valence electrons. The summed E-state index contributed by atoms with van der Waals surface area (Å²) in [6, 6.07) is 13.1. The molecule has 0 heterocycles. The van der Waals surface area contributed by atoms with E-state index in [-0.39, 0.29) is 11.9 Å². The molecule has 2 rings (SSSR count). The van der Waals surface area contributed by atoms with Crippen molar-refractivity contribution < 1.29 is 4.39 Å². The molecule has 0 aromatic heterocycles. The molecule has 3 heteroatoms. The largest absolute Gasteiger partial charge is 0.378 e. The molecule has 1 atom stereocenters. The zero-order valence-corrected chi connectivity index (χ0v) is 12.4. The van der Waals surface area contributed by atoms with Crippen LogP contribution in [-0.4, -0.2) is 14.1 Å². The van der Waals surface area contributed by atoms with Gasteiger partial charge in [0.2, 0.25) is 0 Å². The van der Waals surface area contributed by atoms with Crippen LogP contribution in [0, 0.1) is 12.7 Å². The van der Waals surface area contributed by atoms with Gasteiger partial charge in [0.15, 0.2) is 0 Å². The van der Waals surface area contributed by atoms with E-state index in [9.17, 15) is 4.39 Å². The fraction of sp³-hybridized carbons (Fsp3) is 0.294. The Hall–Kier alpha value is -2.03. The van der Waals surface area contributed by atoms with Gasteiger partial charge in [-0.25, -0.2) is 4.39 Å². The van der Waals surface area contributed by atoms with E-state index in [1.807, 2.05) is 26.2 Å². The summed E-state index contributed by atoms with van der Waals surface area (Å²) in [4.78, 5) is 2.10. The molecule has 2 aromatic rings. The molecule has 0 saturated carbocycles. The van der Waals surface area contributed by atoms with E-state index >= 15 is 0 Å². The van der Waals surface area contributed by atoms with Crippen molar-refractivity contribution in [2.75, 3.05) is 24.3 Å². The minimum Gasteiger partial charge on any atom is -0.378 e. The molecular formula is C17H21FN2. The fourth-order valence-electron chi connectivity index (χ4n) is 2.27. The highest BCUT2D eigenvalue weighted by atomic mass is 19.1. The first kappa shape index (κ1) is 14.4. The van der Waals surface area contributed by atoms with Gasteiger partial charge in [-0.2, -0.15) is 0 Å². The van der Waals surface area contributed by atoms with Gasteiger partial charge in [0.1, 0.15) is 5.82 Å². The number of aryl methyl sites for hydroxylation is 1. The van der Waals surface area contributed by atoms with Crippen LogP contribution in [0.2, 0.25) is 0 Å². The molecule has 0 spiro atoms. The zero-order chi connectivity index (χ0) is 14.7. The molecular weight excluding hydrogens is 251 g/mol. The van der Waals surface area contributed by atoms with Crippen LogP contribution in [0.15, 0.2) is 42.5 Å². The fourth-order valence-corrected chi connectivity index (χ4v) is 2.27. The van der Waals surface area contributed by atoms with Gasteiger partial charge in [-0.3, -0.25) is 0 Å². The zero-order valence-electron chi connectivity index (χ0n) is 12.4. The molecule has 0 fully saturated rings. The Bertz CT molecular complexity index is 576. The first-order valence-corrected chi connectivity index (χ1v) is 6.77. The van der Waals surface area contributed by atoms with Crippen molar-refractivity contribution in [2.45, 2.75) is 19.9 Å². The Balaban J connectivity index is 2.17. The molecule has 1 unspecified atom stereocenters. The molecule has 0 bridgehead atoms. The van der Waals surface area contributed by atoms with E-state index in [1.54, 1.807) is 0 Å². The minimum atomic E-state index is -0.203. The van der Waals surface area contributed by atoms with Crippen LogP contribution in [0.1, 0.15) is 24.1 Å². The summed E-state index contributed by atoms with van der Waals surface area (Å²) in [5, 5.41) is 3.45. The normalized spacial score (nSPS) is 12.1. The summed E-state index contributed by atoms with van der Waals surface area (Å²) in [5.74, 6) is -0.203. The standard InChI is InChI=1S/C17H21FN2/c1-12-5-10-16(11-17(12)20(3)4)19-13(2)14-6-8-15(18)9-7-14/h5-11,13,19H,1-4H3. The second-order valence-electron chi connectivity index (χ2n) is 5.31. The summed E-state index contributed by atoms with van der Waals surface area (Å²) in [5.41, 5.74) is 4.57. The van der Waals surface area contributed by atoms with Gasteiger partial charge in [-0.1, -0.05) is 18.2 Å². The smallest absolute Gasteiger partial charge is 0.123 e. The van der Waals surface area contributed by atoms with Crippen molar-refractivity contribution in [1.82, 2.24) is 0 Å². The van der Waals surface area contributed by atoms with Gasteiger partial charge in [0.25, 0.3) is 0 Å². The van der Waals surface area contributed by atoms with Crippen LogP contribution in [0.4, 0.5) is 15.8 Å². The second kappa shape index (κ2) is 5.95. The molecule has 2 aromatic carbocycles. The van der Waals surface area contributed by atoms with Crippen molar-refractivity contribution in [3.8, 4) is 0 Å². The third kappa shape index (κ3) is 3.29. The maximum Gasteiger partial charge on any atom is 0.123 e. The number of rotatable bonds is 4. The van der Waals surface area contributed by atoms with Crippen molar-refractivity contribution >= 4 is 11.4 Å². The Kier molecular flexibility index (Phi) is 4.28. The van der Waals surface area contributed by atoms with Crippen LogP contribution < -0.4 is 10.2 Å². The maximum absolute atomic E-state index is 12.9. The quantitative estimate of drug-likeness (QED) is 0.889. The van der Waals surface area contributed by atoms with E-state index in [2.05, 4.69) is 42.3 Å². The number of hydrogen-bond acceptors (Lipinski definition) is 2. The lowest BCUT2D eigenvalue weighted by molar-refractivity contribution is 0.626. The number of hydrogen-bond donors (Lipinski definition) is 1. The Morgan fingerprint density at radius 1 is 1.05 bits per heavy atom. The number of nitrogens with one attached hydrogen (secondary N) is 1. The second-order valence-corrected chi connectivity index (χ2v) is 5.31. The van der Waals surface area contributed by atoms with Gasteiger partial charge in [-0.15, -0.1) is 0 Å². The highest BCUT2D eigenvalue weighted by Gasteiger charge is 2.07. The average molecular weight is 272 g/mol. The molecule has 0 aliphatic heterocycles. The lowest BCUT2D eigenvalue weighted by Gasteiger charge is -2.20. The lowest BCUT2D eigenvalue weighted by atomic mass is 10.1. The van der Waals surface area contributed by atoms with Crippen LogP contribution in [0.5, 0.6) is 0 Å². The van der Waals surface area contributed by atoms with Crippen molar-refractivity contribution in [1.29, 1.82) is 0 Å². The number of nitrogens with zero attached hydrogens (tertiary/aromatic N) is 1. The Morgan fingerprint density at radius 3 is 2.30 bits per heavy atom. The van der Waals surface area contributed by atoms with Crippen molar-refractivity contribution in [3.05, 3.63) is 59.4 Å². The minimum absolute atomic E-state index is 0.133. The van der Waals surface area contributed by atoms with Gasteiger partial charge >= 0.3 is 0 Å². The molecule has 0 aliphatic rings. The Morgan fingerprint density at radius 2 is 1.70 bits per heavy atom. The van der Waals surface area contributed by atoms with Crippen molar-refractivity contribution in [3.63, 3.8) is 0 Å². The molecule has 1 N–H and O–H groups in total. The van der Waals surface area contributed by atoms with Crippen LogP contribution >= 0.6 is 0 Å². The van der Waals surface area contributed by atoms with Crippen LogP contribution in [0.25, 0.3) is 0 Å². The summed E-state index contributed by atoms with van der Waals surface area (Å²) in [6.45, 7) is 4.17. The predicted octanol–water partition coefficient (Wildman–Crippen LogP) is 4.37. The van der Waals surface area contributed by atoms with Gasteiger partial charge in [-0.05, 0) is 49.2 Å². The monoisotopic (exact) mass is 272 g/mol. The van der Waals surface area contributed by atoms with Crippen LogP contribution in [0.3, 0.4) is 0 Å². The summed E-state index contributed by atoms with van der Waals surface area (Å²) in [6.07, 6.45) is 0. The molecule has 0 radical (unpaired) electrons. The lowest BCUT2D eigenvalue weighted by Crippen LogP contribution is -2.12. The van der Waals surface area contributed by atoms with Gasteiger partial charge in [0.05, 0.1) is 0 Å². The SMILES string of the molecule is Cc1ccc(NC(C)c2ccc(F)cc2)cc1N(C)C. The Labute approximate surface area is 120 Å². The van der Waals surface area contributed by atoms with E-state index in [1.165, 1.54) is 23.4 Å². The number of anilines is 2. The third-order valence-electron chi connectivity index (χ3n) is 3.44. The van der Waals surface area contributed by atoms with Gasteiger partial charge in [0, 0.05) is 31.5 Å². The number of benzene rings is 2. The van der Waals surface area contributed by atoms with E-state index < -0.39 is 0 Å². The number of halogens is 1. The first-order valence-electron chi connectivity index (χ1n) is 6.77. The summed E-state index contributed by atoms with van der Waals surface area (Å²) < 4.78 is 12.9. The predicted molar refractivity (Wildman–Crippen MR) is 83.9 cm³/mol. The van der Waals surface area contributed by atoms with E-state index in [4.69, 9.17) is 0 Å². The van der Waals surface area contributed by atoms with Gasteiger partial charge < -0.3 is 10.2 Å². The molecule has 0 saturated heterocycles. The topological polar surface area (TPSA) is 15.3 Å². The third-order valence-corrected chi connectivity index (χ3v) is 3.44. The molecule has 0 aliphatic carbocycles. The van der Waals surface area contributed by atoms with Crippen molar-refractivity contribution in [2.24, 2.45) is 0 Å².